The first kappa shape index (κ1) is 20.6. The van der Waals surface area contributed by atoms with Crippen LogP contribution in [-0.2, 0) is 17.8 Å². The first-order valence-electron chi connectivity index (χ1n) is 11.5. The molecule has 2 fully saturated rings. The maximum atomic E-state index is 12.8. The summed E-state index contributed by atoms with van der Waals surface area (Å²) >= 11 is 0. The molecule has 29 heavy (non-hydrogen) atoms. The Kier molecular flexibility index (Phi) is 6.09. The van der Waals surface area contributed by atoms with Crippen LogP contribution in [0.15, 0.2) is 10.9 Å². The molecule has 0 atom stereocenters. The average molecular weight is 401 g/mol. The Labute approximate surface area is 174 Å². The fraction of sp³-hybridized carbons (Fsp3) is 0.783. The summed E-state index contributed by atoms with van der Waals surface area (Å²) in [5.41, 5.74) is 1.38. The smallest absolute Gasteiger partial charge is 0.253 e. The molecule has 6 heteroatoms. The highest BCUT2D eigenvalue weighted by molar-refractivity contribution is 5.78. The summed E-state index contributed by atoms with van der Waals surface area (Å²) in [6.07, 6.45) is 8.53. The molecule has 0 unspecified atom stereocenters. The highest BCUT2D eigenvalue weighted by Gasteiger charge is 2.30. The van der Waals surface area contributed by atoms with Gasteiger partial charge in [-0.05, 0) is 50.5 Å². The molecule has 1 amide bonds. The van der Waals surface area contributed by atoms with Gasteiger partial charge in [-0.2, -0.15) is 0 Å². The lowest BCUT2D eigenvalue weighted by Crippen LogP contribution is -2.48. The number of fused-ring (bicyclic) bond motifs is 1. The van der Waals surface area contributed by atoms with Crippen molar-refractivity contribution in [3.8, 4) is 0 Å². The second-order valence-electron chi connectivity index (χ2n) is 10.0. The number of carbonyl (C=O) groups is 1. The van der Waals surface area contributed by atoms with Crippen LogP contribution in [0.25, 0.3) is 0 Å². The number of aryl methyl sites for hydroxylation is 1. The fourth-order valence-electron chi connectivity index (χ4n) is 5.34. The van der Waals surface area contributed by atoms with Gasteiger partial charge < -0.3 is 4.90 Å². The van der Waals surface area contributed by atoms with Gasteiger partial charge in [0.1, 0.15) is 5.82 Å². The van der Waals surface area contributed by atoms with E-state index in [0.29, 0.717) is 17.9 Å². The Bertz CT molecular complexity index is 793. The molecule has 0 aliphatic carbocycles. The summed E-state index contributed by atoms with van der Waals surface area (Å²) in [5.74, 6) is 1.53. The van der Waals surface area contributed by atoms with Crippen LogP contribution in [0.5, 0.6) is 0 Å². The maximum Gasteiger partial charge on any atom is 0.253 e. The third-order valence-corrected chi connectivity index (χ3v) is 6.99. The molecule has 3 aliphatic heterocycles. The maximum absolute atomic E-state index is 12.8. The van der Waals surface area contributed by atoms with Crippen LogP contribution in [0.4, 0.5) is 0 Å². The van der Waals surface area contributed by atoms with Crippen LogP contribution in [0, 0.1) is 5.41 Å². The van der Waals surface area contributed by atoms with Gasteiger partial charge in [-0.25, -0.2) is 4.98 Å². The number of nitrogens with zero attached hydrogens (tertiary/aromatic N) is 4. The minimum absolute atomic E-state index is 0.109. The van der Waals surface area contributed by atoms with Gasteiger partial charge in [0.05, 0.1) is 12.2 Å². The van der Waals surface area contributed by atoms with Crippen LogP contribution in [0.3, 0.4) is 0 Å². The highest BCUT2D eigenvalue weighted by Crippen LogP contribution is 2.29. The molecule has 0 saturated carbocycles. The number of rotatable bonds is 3. The Morgan fingerprint density at radius 2 is 1.90 bits per heavy atom. The van der Waals surface area contributed by atoms with Crippen molar-refractivity contribution in [3.63, 3.8) is 0 Å². The van der Waals surface area contributed by atoms with Crippen molar-refractivity contribution < 1.29 is 4.79 Å². The summed E-state index contributed by atoms with van der Waals surface area (Å²) < 4.78 is 1.87. The van der Waals surface area contributed by atoms with E-state index in [1.807, 2.05) is 9.47 Å². The van der Waals surface area contributed by atoms with E-state index < -0.39 is 0 Å². The van der Waals surface area contributed by atoms with Crippen molar-refractivity contribution in [2.24, 2.45) is 5.41 Å². The van der Waals surface area contributed by atoms with Crippen LogP contribution in [-0.4, -0.2) is 58.0 Å². The molecule has 0 aromatic carbocycles. The molecular weight excluding hydrogens is 364 g/mol. The molecule has 0 spiro atoms. The van der Waals surface area contributed by atoms with Gasteiger partial charge in [-0.3, -0.25) is 19.1 Å². The molecule has 0 bridgehead atoms. The number of piperidine rings is 2. The lowest BCUT2D eigenvalue weighted by molar-refractivity contribution is -0.134. The number of amides is 1. The lowest BCUT2D eigenvalue weighted by Gasteiger charge is -2.39. The highest BCUT2D eigenvalue weighted by atomic mass is 16.2. The van der Waals surface area contributed by atoms with Crippen molar-refractivity contribution in [2.45, 2.75) is 77.7 Å². The van der Waals surface area contributed by atoms with Gasteiger partial charge in [0.2, 0.25) is 5.91 Å². The Hall–Kier alpha value is -1.69. The predicted octanol–water partition coefficient (Wildman–Crippen LogP) is 2.80. The van der Waals surface area contributed by atoms with Gasteiger partial charge in [0, 0.05) is 44.6 Å². The van der Waals surface area contributed by atoms with E-state index in [1.54, 1.807) is 6.07 Å². The van der Waals surface area contributed by atoms with Gasteiger partial charge in [-0.15, -0.1) is 0 Å². The number of aromatic nitrogens is 2. The van der Waals surface area contributed by atoms with E-state index in [2.05, 4.69) is 18.7 Å². The third-order valence-electron chi connectivity index (χ3n) is 6.99. The molecule has 1 aromatic rings. The second-order valence-corrected chi connectivity index (χ2v) is 10.0. The van der Waals surface area contributed by atoms with Crippen molar-refractivity contribution in [1.82, 2.24) is 19.4 Å². The standard InChI is InChI=1S/C23H36N4O2/c1-23(2)10-6-11-25(17-23)16-22(29)26-13-8-18(9-14-26)19-15-21(28)27-12-5-3-4-7-20(27)24-19/h15,18H,3-14,16-17H2,1-2H3. The van der Waals surface area contributed by atoms with E-state index in [9.17, 15) is 9.59 Å². The molecule has 0 N–H and O–H groups in total. The first-order chi connectivity index (χ1) is 13.9. The minimum atomic E-state index is 0.109. The summed E-state index contributed by atoms with van der Waals surface area (Å²) in [4.78, 5) is 34.6. The Balaban J connectivity index is 1.35. The first-order valence-corrected chi connectivity index (χ1v) is 11.5. The van der Waals surface area contributed by atoms with E-state index in [-0.39, 0.29) is 11.5 Å². The molecule has 2 saturated heterocycles. The van der Waals surface area contributed by atoms with Crippen LogP contribution >= 0.6 is 0 Å². The van der Waals surface area contributed by atoms with Gasteiger partial charge in [-0.1, -0.05) is 20.3 Å². The van der Waals surface area contributed by atoms with Crippen molar-refractivity contribution in [1.29, 1.82) is 0 Å². The molecule has 4 rings (SSSR count). The monoisotopic (exact) mass is 400 g/mol. The average Bonchev–Trinajstić information content (AvgIpc) is 2.93. The summed E-state index contributed by atoms with van der Waals surface area (Å²) in [6.45, 7) is 9.55. The number of likely N-dealkylation sites (tertiary alicyclic amines) is 2. The zero-order valence-corrected chi connectivity index (χ0v) is 18.2. The fourth-order valence-corrected chi connectivity index (χ4v) is 5.34. The van der Waals surface area contributed by atoms with Crippen molar-refractivity contribution >= 4 is 5.91 Å². The third kappa shape index (κ3) is 4.90. The van der Waals surface area contributed by atoms with Gasteiger partial charge >= 0.3 is 0 Å². The zero-order valence-electron chi connectivity index (χ0n) is 18.2. The van der Waals surface area contributed by atoms with Crippen LogP contribution in [0.1, 0.15) is 76.2 Å². The predicted molar refractivity (Wildman–Crippen MR) is 114 cm³/mol. The quantitative estimate of drug-likeness (QED) is 0.783. The van der Waals surface area contributed by atoms with Crippen LogP contribution in [0.2, 0.25) is 0 Å². The number of carbonyl (C=O) groups excluding carboxylic acids is 1. The summed E-state index contributed by atoms with van der Waals surface area (Å²) in [6, 6.07) is 1.76. The molecule has 0 radical (unpaired) electrons. The van der Waals surface area contributed by atoms with Crippen molar-refractivity contribution in [2.75, 3.05) is 32.7 Å². The normalized spacial score (nSPS) is 23.4. The number of hydrogen-bond acceptors (Lipinski definition) is 4. The molecule has 1 aromatic heterocycles. The minimum Gasteiger partial charge on any atom is -0.342 e. The second kappa shape index (κ2) is 8.58. The molecule has 3 aliphatic rings. The van der Waals surface area contributed by atoms with E-state index in [1.165, 1.54) is 19.3 Å². The largest absolute Gasteiger partial charge is 0.342 e. The SMILES string of the molecule is CC1(C)CCCN(CC(=O)N2CCC(c3cc(=O)n4c(n3)CCCCC4)CC2)C1. The Morgan fingerprint density at radius 1 is 1.10 bits per heavy atom. The van der Waals surface area contributed by atoms with Gasteiger partial charge in [0.15, 0.2) is 0 Å². The number of hydrogen-bond donors (Lipinski definition) is 0. The van der Waals surface area contributed by atoms with Crippen molar-refractivity contribution in [3.05, 3.63) is 27.9 Å². The molecule has 6 nitrogen and oxygen atoms in total. The molecule has 160 valence electrons. The topological polar surface area (TPSA) is 58.4 Å². The summed E-state index contributed by atoms with van der Waals surface area (Å²) in [5, 5.41) is 0. The molecule has 4 heterocycles. The molecular formula is C23H36N4O2. The van der Waals surface area contributed by atoms with Gasteiger partial charge in [0.25, 0.3) is 5.56 Å². The Morgan fingerprint density at radius 3 is 2.66 bits per heavy atom. The zero-order chi connectivity index (χ0) is 20.4. The van der Waals surface area contributed by atoms with E-state index in [4.69, 9.17) is 4.98 Å². The van der Waals surface area contributed by atoms with E-state index >= 15 is 0 Å². The lowest BCUT2D eigenvalue weighted by atomic mass is 9.84. The van der Waals surface area contributed by atoms with Crippen LogP contribution < -0.4 is 5.56 Å². The van der Waals surface area contributed by atoms with E-state index in [0.717, 1.165) is 76.3 Å². The summed E-state index contributed by atoms with van der Waals surface area (Å²) in [7, 11) is 0.